The predicted octanol–water partition coefficient (Wildman–Crippen LogP) is 2.99. The molecule has 0 aliphatic carbocycles. The average Bonchev–Trinajstić information content (AvgIpc) is 2.54. The normalized spacial score (nSPS) is 12.5. The van der Waals surface area contributed by atoms with E-state index < -0.39 is 0 Å². The summed E-state index contributed by atoms with van der Waals surface area (Å²) in [5, 5.41) is 0. The van der Waals surface area contributed by atoms with Crippen LogP contribution in [0.25, 0.3) is 0 Å². The Hall–Kier alpha value is -0.100. The summed E-state index contributed by atoms with van der Waals surface area (Å²) >= 11 is 10.8. The summed E-state index contributed by atoms with van der Waals surface area (Å²) in [6.45, 7) is 0. The molecular formula is C10H13BrClNO2S. The summed E-state index contributed by atoms with van der Waals surface area (Å²) in [5.74, 6) is -0.221. The third-order valence-electron chi connectivity index (χ3n) is 2.11. The molecule has 1 aromatic rings. The van der Waals surface area contributed by atoms with Gasteiger partial charge in [-0.2, -0.15) is 0 Å². The lowest BCUT2D eigenvalue weighted by molar-refractivity contribution is -0.140. The number of esters is 1. The van der Waals surface area contributed by atoms with E-state index in [0.29, 0.717) is 12.8 Å². The Kier molecular flexibility index (Phi) is 5.75. The zero-order valence-corrected chi connectivity index (χ0v) is 12.0. The molecule has 1 aromatic heterocycles. The summed E-state index contributed by atoms with van der Waals surface area (Å²) in [4.78, 5) is 12.0. The Morgan fingerprint density at radius 1 is 1.75 bits per heavy atom. The van der Waals surface area contributed by atoms with E-state index in [0.717, 1.165) is 20.1 Å². The van der Waals surface area contributed by atoms with Gasteiger partial charge in [-0.05, 0) is 34.8 Å². The highest BCUT2D eigenvalue weighted by Crippen LogP contribution is 2.32. The van der Waals surface area contributed by atoms with Gasteiger partial charge in [0, 0.05) is 21.8 Å². The fourth-order valence-electron chi connectivity index (χ4n) is 1.26. The Morgan fingerprint density at radius 3 is 2.94 bits per heavy atom. The van der Waals surface area contributed by atoms with E-state index in [1.807, 2.05) is 6.07 Å². The summed E-state index contributed by atoms with van der Waals surface area (Å²) in [6, 6.07) is 1.92. The van der Waals surface area contributed by atoms with E-state index in [9.17, 15) is 4.79 Å². The van der Waals surface area contributed by atoms with Gasteiger partial charge in [-0.15, -0.1) is 11.3 Å². The number of rotatable bonds is 5. The summed E-state index contributed by atoms with van der Waals surface area (Å²) < 4.78 is 6.18. The predicted molar refractivity (Wildman–Crippen MR) is 70.0 cm³/mol. The zero-order valence-electron chi connectivity index (χ0n) is 8.83. The molecule has 0 aliphatic rings. The zero-order chi connectivity index (χ0) is 12.1. The van der Waals surface area contributed by atoms with Crippen LogP contribution in [0.15, 0.2) is 10.5 Å². The van der Waals surface area contributed by atoms with E-state index in [4.69, 9.17) is 17.3 Å². The number of halogens is 2. The van der Waals surface area contributed by atoms with Gasteiger partial charge in [-0.1, -0.05) is 11.6 Å². The molecule has 1 heterocycles. The van der Waals surface area contributed by atoms with E-state index in [1.165, 1.54) is 18.4 Å². The van der Waals surface area contributed by atoms with Gasteiger partial charge in [-0.3, -0.25) is 4.79 Å². The third kappa shape index (κ3) is 4.41. The highest BCUT2D eigenvalue weighted by atomic mass is 79.9. The van der Waals surface area contributed by atoms with Gasteiger partial charge in [0.05, 0.1) is 7.11 Å². The first kappa shape index (κ1) is 14.0. The van der Waals surface area contributed by atoms with Crippen molar-refractivity contribution in [3.63, 3.8) is 0 Å². The van der Waals surface area contributed by atoms with Gasteiger partial charge in [-0.25, -0.2) is 0 Å². The summed E-state index contributed by atoms with van der Waals surface area (Å²) in [7, 11) is 1.38. The summed E-state index contributed by atoms with van der Waals surface area (Å²) in [5.41, 5.74) is 5.91. The van der Waals surface area contributed by atoms with Gasteiger partial charge in [0.2, 0.25) is 0 Å². The maximum absolute atomic E-state index is 10.9. The molecule has 0 saturated carbocycles. The van der Waals surface area contributed by atoms with Crippen LogP contribution >= 0.6 is 38.9 Å². The minimum Gasteiger partial charge on any atom is -0.469 e. The molecule has 0 saturated heterocycles. The van der Waals surface area contributed by atoms with Crippen LogP contribution in [-0.4, -0.2) is 19.1 Å². The molecule has 0 aromatic carbocycles. The third-order valence-corrected chi connectivity index (χ3v) is 4.60. The van der Waals surface area contributed by atoms with Gasteiger partial charge < -0.3 is 10.5 Å². The van der Waals surface area contributed by atoms with Crippen LogP contribution in [0, 0.1) is 0 Å². The maximum Gasteiger partial charge on any atom is 0.305 e. The van der Waals surface area contributed by atoms with E-state index >= 15 is 0 Å². The first-order valence-corrected chi connectivity index (χ1v) is 6.77. The molecule has 0 amide bonds. The van der Waals surface area contributed by atoms with Crippen LogP contribution in [-0.2, 0) is 16.0 Å². The van der Waals surface area contributed by atoms with Crippen LogP contribution in [0.3, 0.4) is 0 Å². The summed E-state index contributed by atoms with van der Waals surface area (Å²) in [6.07, 6.45) is 1.71. The molecule has 2 N–H and O–H groups in total. The van der Waals surface area contributed by atoms with Crippen molar-refractivity contribution >= 4 is 44.8 Å². The molecule has 16 heavy (non-hydrogen) atoms. The molecule has 1 rings (SSSR count). The van der Waals surface area contributed by atoms with Crippen LogP contribution in [0.5, 0.6) is 0 Å². The Labute approximate surface area is 112 Å². The minimum absolute atomic E-state index is 0.0410. The van der Waals surface area contributed by atoms with E-state index in [2.05, 4.69) is 20.7 Å². The molecule has 90 valence electrons. The first-order valence-electron chi connectivity index (χ1n) is 4.79. The SMILES string of the molecule is COC(=O)CCC(N)Cc1cc(Br)c(Cl)s1. The number of methoxy groups -OCH3 is 1. The van der Waals surface area contributed by atoms with Crippen LogP contribution < -0.4 is 5.73 Å². The number of thiophene rings is 1. The molecular weight excluding hydrogens is 314 g/mol. The second-order valence-corrected chi connectivity index (χ2v) is 6.01. The fraction of sp³-hybridized carbons (Fsp3) is 0.500. The van der Waals surface area contributed by atoms with Gasteiger partial charge in [0.25, 0.3) is 0 Å². The van der Waals surface area contributed by atoms with Crippen molar-refractivity contribution in [2.24, 2.45) is 5.73 Å². The Bertz CT molecular complexity index is 350. The molecule has 0 radical (unpaired) electrons. The van der Waals surface area contributed by atoms with Crippen molar-refractivity contribution in [3.05, 3.63) is 19.8 Å². The molecule has 3 nitrogen and oxygen atoms in total. The average molecular weight is 327 g/mol. The number of ether oxygens (including phenoxy) is 1. The van der Waals surface area contributed by atoms with Crippen molar-refractivity contribution in [1.29, 1.82) is 0 Å². The standard InChI is InChI=1S/C10H13BrClNO2S/c1-15-9(14)3-2-6(13)4-7-5-8(11)10(12)16-7/h5-6H,2-4,13H2,1H3. The first-order chi connectivity index (χ1) is 7.52. The number of carbonyl (C=O) groups is 1. The Balaban J connectivity index is 2.39. The highest BCUT2D eigenvalue weighted by Gasteiger charge is 2.11. The maximum atomic E-state index is 10.9. The quantitative estimate of drug-likeness (QED) is 0.846. The van der Waals surface area contributed by atoms with E-state index in [-0.39, 0.29) is 12.0 Å². The molecule has 0 bridgehead atoms. The lowest BCUT2D eigenvalue weighted by Gasteiger charge is -2.08. The molecule has 1 atom stereocenters. The van der Waals surface area contributed by atoms with Crippen LogP contribution in [0.4, 0.5) is 0 Å². The molecule has 0 fully saturated rings. The number of nitrogens with two attached hydrogens (primary N) is 1. The van der Waals surface area contributed by atoms with Crippen molar-refractivity contribution in [2.45, 2.75) is 25.3 Å². The van der Waals surface area contributed by atoms with Gasteiger partial charge >= 0.3 is 5.97 Å². The number of hydrogen-bond acceptors (Lipinski definition) is 4. The van der Waals surface area contributed by atoms with E-state index in [1.54, 1.807) is 0 Å². The lowest BCUT2D eigenvalue weighted by atomic mass is 10.1. The lowest BCUT2D eigenvalue weighted by Crippen LogP contribution is -2.23. The highest BCUT2D eigenvalue weighted by molar-refractivity contribution is 9.10. The molecule has 6 heteroatoms. The monoisotopic (exact) mass is 325 g/mol. The smallest absolute Gasteiger partial charge is 0.305 e. The fourth-order valence-corrected chi connectivity index (χ4v) is 3.14. The van der Waals surface area contributed by atoms with Crippen LogP contribution in [0.1, 0.15) is 17.7 Å². The molecule has 1 unspecified atom stereocenters. The van der Waals surface area contributed by atoms with Gasteiger partial charge in [0.1, 0.15) is 4.34 Å². The van der Waals surface area contributed by atoms with Crippen molar-refractivity contribution in [1.82, 2.24) is 0 Å². The van der Waals surface area contributed by atoms with Crippen molar-refractivity contribution < 1.29 is 9.53 Å². The Morgan fingerprint density at radius 2 is 2.44 bits per heavy atom. The molecule has 0 aliphatic heterocycles. The number of carbonyl (C=O) groups excluding carboxylic acids is 1. The molecule has 0 spiro atoms. The second kappa shape index (κ2) is 6.59. The van der Waals surface area contributed by atoms with Crippen molar-refractivity contribution in [2.75, 3.05) is 7.11 Å². The second-order valence-electron chi connectivity index (χ2n) is 3.41. The number of hydrogen-bond donors (Lipinski definition) is 1. The van der Waals surface area contributed by atoms with Gasteiger partial charge in [0.15, 0.2) is 0 Å². The minimum atomic E-state index is -0.221. The van der Waals surface area contributed by atoms with Crippen LogP contribution in [0.2, 0.25) is 4.34 Å². The topological polar surface area (TPSA) is 52.3 Å². The van der Waals surface area contributed by atoms with Crippen molar-refractivity contribution in [3.8, 4) is 0 Å². The largest absolute Gasteiger partial charge is 0.469 e.